The summed E-state index contributed by atoms with van der Waals surface area (Å²) < 4.78 is 8.55. The van der Waals surface area contributed by atoms with Crippen LogP contribution >= 0.6 is 15.9 Å². The molecule has 0 amide bonds. The number of aromatic nitrogens is 3. The molecule has 0 fully saturated rings. The fourth-order valence-electron chi connectivity index (χ4n) is 3.26. The van der Waals surface area contributed by atoms with Crippen LogP contribution in [0.5, 0.6) is 5.75 Å². The number of benzene rings is 1. The number of unbranched alkanes of at least 4 members (excludes halogenated alkanes) is 1. The molecule has 2 aromatic heterocycles. The van der Waals surface area contributed by atoms with Gasteiger partial charge >= 0.3 is 0 Å². The zero-order chi connectivity index (χ0) is 20.1. The number of aliphatic hydroxyl groups excluding tert-OH is 1. The van der Waals surface area contributed by atoms with Crippen molar-refractivity contribution in [2.75, 3.05) is 24.8 Å². The summed E-state index contributed by atoms with van der Waals surface area (Å²) in [4.78, 5) is 8.77. The van der Waals surface area contributed by atoms with Crippen molar-refractivity contribution in [1.82, 2.24) is 14.5 Å². The zero-order valence-electron chi connectivity index (χ0n) is 16.2. The van der Waals surface area contributed by atoms with Crippen LogP contribution in [0.15, 0.2) is 34.9 Å². The molecule has 1 aromatic carbocycles. The predicted molar refractivity (Wildman–Crippen MR) is 116 cm³/mol. The number of nitrogens with zero attached hydrogens (tertiary/aromatic N) is 3. The maximum absolute atomic E-state index is 9.74. The normalized spacial score (nSPS) is 12.3. The minimum Gasteiger partial charge on any atom is -0.496 e. The number of halogens is 1. The Morgan fingerprint density at radius 3 is 2.86 bits per heavy atom. The molecule has 0 aliphatic heterocycles. The van der Waals surface area contributed by atoms with Crippen LogP contribution in [0.2, 0.25) is 0 Å². The van der Waals surface area contributed by atoms with Crippen LogP contribution in [0, 0.1) is 0 Å². The minimum absolute atomic E-state index is 0.0333. The van der Waals surface area contributed by atoms with E-state index in [1.807, 2.05) is 30.5 Å². The quantitative estimate of drug-likeness (QED) is 0.461. The molecule has 0 aliphatic carbocycles. The third-order valence-corrected chi connectivity index (χ3v) is 5.17. The van der Waals surface area contributed by atoms with Gasteiger partial charge in [0.15, 0.2) is 5.82 Å². The van der Waals surface area contributed by atoms with Crippen LogP contribution in [-0.2, 0) is 6.54 Å². The van der Waals surface area contributed by atoms with Crippen molar-refractivity contribution in [2.24, 2.45) is 0 Å². The molecule has 2 heterocycles. The van der Waals surface area contributed by atoms with Crippen LogP contribution in [0.1, 0.15) is 31.7 Å². The lowest BCUT2D eigenvalue weighted by Crippen LogP contribution is -2.25. The van der Waals surface area contributed by atoms with E-state index in [-0.39, 0.29) is 18.6 Å². The van der Waals surface area contributed by atoms with E-state index in [0.29, 0.717) is 12.4 Å². The van der Waals surface area contributed by atoms with E-state index < -0.39 is 0 Å². The van der Waals surface area contributed by atoms with Gasteiger partial charge in [-0.05, 0) is 30.7 Å². The molecule has 1 atom stereocenters. The minimum atomic E-state index is -0.0822. The second kappa shape index (κ2) is 9.25. The molecule has 7 nitrogen and oxygen atoms in total. The highest BCUT2D eigenvalue weighted by atomic mass is 79.9. The highest BCUT2D eigenvalue weighted by Gasteiger charge is 2.16. The lowest BCUT2D eigenvalue weighted by molar-refractivity contribution is 0.267. The van der Waals surface area contributed by atoms with E-state index in [0.717, 1.165) is 46.1 Å². The van der Waals surface area contributed by atoms with Gasteiger partial charge in [-0.2, -0.15) is 4.98 Å². The van der Waals surface area contributed by atoms with Gasteiger partial charge in [-0.3, -0.25) is 0 Å². The molecule has 1 unspecified atom stereocenters. The number of fused-ring (bicyclic) bond motifs is 1. The molecule has 28 heavy (non-hydrogen) atoms. The van der Waals surface area contributed by atoms with E-state index in [9.17, 15) is 5.11 Å². The SMILES string of the molecule is CCCCC(CO)Nc1nc(N)nc2ccn(Cc3cc(Br)ccc3OC)c12. The van der Waals surface area contributed by atoms with Gasteiger partial charge in [0.25, 0.3) is 0 Å². The largest absolute Gasteiger partial charge is 0.496 e. The molecular formula is C20H26BrN5O2. The Balaban J connectivity index is 1.99. The predicted octanol–water partition coefficient (Wildman–Crippen LogP) is 3.80. The number of anilines is 2. The van der Waals surface area contributed by atoms with Gasteiger partial charge in [-0.15, -0.1) is 0 Å². The Kier molecular flexibility index (Phi) is 6.74. The van der Waals surface area contributed by atoms with Crippen LogP contribution in [0.25, 0.3) is 11.0 Å². The first-order valence-corrected chi connectivity index (χ1v) is 10.2. The monoisotopic (exact) mass is 447 g/mol. The molecule has 0 saturated carbocycles. The molecule has 0 radical (unpaired) electrons. The summed E-state index contributed by atoms with van der Waals surface area (Å²) in [6.45, 7) is 2.75. The summed E-state index contributed by atoms with van der Waals surface area (Å²) in [5.74, 6) is 1.66. The van der Waals surface area contributed by atoms with Gasteiger partial charge in [0.1, 0.15) is 11.3 Å². The van der Waals surface area contributed by atoms with Crippen molar-refractivity contribution in [3.05, 3.63) is 40.5 Å². The standard InChI is InChI=1S/C20H26BrN5O2/c1-3-4-5-15(12-27)23-19-18-16(24-20(22)25-19)8-9-26(18)11-13-10-14(21)6-7-17(13)28-2/h6-10,15,27H,3-5,11-12H2,1-2H3,(H3,22,23,24,25). The summed E-state index contributed by atoms with van der Waals surface area (Å²) in [5, 5.41) is 13.1. The number of nitrogens with two attached hydrogens (primary N) is 1. The first-order valence-electron chi connectivity index (χ1n) is 9.37. The summed E-state index contributed by atoms with van der Waals surface area (Å²) >= 11 is 3.52. The van der Waals surface area contributed by atoms with Crippen molar-refractivity contribution in [2.45, 2.75) is 38.8 Å². The van der Waals surface area contributed by atoms with Gasteiger partial charge in [0, 0.05) is 16.2 Å². The fraction of sp³-hybridized carbons (Fsp3) is 0.400. The maximum atomic E-state index is 9.74. The molecule has 0 saturated heterocycles. The van der Waals surface area contributed by atoms with Gasteiger partial charge in [0.05, 0.1) is 31.8 Å². The van der Waals surface area contributed by atoms with Crippen LogP contribution in [-0.4, -0.2) is 39.4 Å². The first kappa shape index (κ1) is 20.4. The summed E-state index contributed by atoms with van der Waals surface area (Å²) in [6, 6.07) is 7.76. The van der Waals surface area contributed by atoms with E-state index >= 15 is 0 Å². The molecule has 3 rings (SSSR count). The Hall–Kier alpha value is -2.32. The van der Waals surface area contributed by atoms with E-state index in [1.165, 1.54) is 0 Å². The average Bonchev–Trinajstić information content (AvgIpc) is 3.07. The topological polar surface area (TPSA) is 98.2 Å². The van der Waals surface area contributed by atoms with E-state index in [2.05, 4.69) is 42.7 Å². The molecule has 150 valence electrons. The Morgan fingerprint density at radius 2 is 2.14 bits per heavy atom. The van der Waals surface area contributed by atoms with Crippen LogP contribution in [0.3, 0.4) is 0 Å². The van der Waals surface area contributed by atoms with Gasteiger partial charge < -0.3 is 25.5 Å². The number of hydrogen-bond donors (Lipinski definition) is 3. The van der Waals surface area contributed by atoms with Crippen LogP contribution in [0.4, 0.5) is 11.8 Å². The summed E-state index contributed by atoms with van der Waals surface area (Å²) in [6.07, 6.45) is 4.92. The van der Waals surface area contributed by atoms with Gasteiger partial charge in [-0.25, -0.2) is 4.98 Å². The molecule has 3 aromatic rings. The molecule has 8 heteroatoms. The number of methoxy groups -OCH3 is 1. The number of nitrogens with one attached hydrogen (secondary N) is 1. The van der Waals surface area contributed by atoms with Crippen LogP contribution < -0.4 is 15.8 Å². The van der Waals surface area contributed by atoms with Crippen molar-refractivity contribution < 1.29 is 9.84 Å². The number of aliphatic hydroxyl groups is 1. The van der Waals surface area contributed by atoms with Crippen molar-refractivity contribution >= 4 is 38.7 Å². The molecule has 0 bridgehead atoms. The number of ether oxygens (including phenoxy) is 1. The maximum Gasteiger partial charge on any atom is 0.222 e. The lowest BCUT2D eigenvalue weighted by Gasteiger charge is -2.19. The van der Waals surface area contributed by atoms with Gasteiger partial charge in [-0.1, -0.05) is 35.7 Å². The second-order valence-corrected chi connectivity index (χ2v) is 7.65. The highest BCUT2D eigenvalue weighted by molar-refractivity contribution is 9.10. The third kappa shape index (κ3) is 4.56. The summed E-state index contributed by atoms with van der Waals surface area (Å²) in [5.41, 5.74) is 8.55. The van der Waals surface area contributed by atoms with Crippen molar-refractivity contribution in [3.8, 4) is 5.75 Å². The average molecular weight is 448 g/mol. The van der Waals surface area contributed by atoms with Gasteiger partial charge in [0.2, 0.25) is 5.95 Å². The smallest absolute Gasteiger partial charge is 0.222 e. The van der Waals surface area contributed by atoms with E-state index in [1.54, 1.807) is 7.11 Å². The second-order valence-electron chi connectivity index (χ2n) is 6.73. The molecule has 0 spiro atoms. The van der Waals surface area contributed by atoms with Crippen molar-refractivity contribution in [3.63, 3.8) is 0 Å². The fourth-order valence-corrected chi connectivity index (χ4v) is 3.67. The number of nitrogen functional groups attached to an aromatic ring is 1. The third-order valence-electron chi connectivity index (χ3n) is 4.68. The first-order chi connectivity index (χ1) is 13.5. The Morgan fingerprint density at radius 1 is 1.32 bits per heavy atom. The molecule has 0 aliphatic rings. The number of hydrogen-bond acceptors (Lipinski definition) is 6. The Bertz CT molecular complexity index is 944. The Labute approximate surface area is 173 Å². The molecular weight excluding hydrogens is 422 g/mol. The van der Waals surface area contributed by atoms with Crippen molar-refractivity contribution in [1.29, 1.82) is 0 Å². The van der Waals surface area contributed by atoms with E-state index in [4.69, 9.17) is 10.5 Å². The lowest BCUT2D eigenvalue weighted by atomic mass is 10.1. The zero-order valence-corrected chi connectivity index (χ0v) is 17.7. The number of rotatable bonds is 9. The highest BCUT2D eigenvalue weighted by Crippen LogP contribution is 2.28. The molecule has 4 N–H and O–H groups in total. The summed E-state index contributed by atoms with van der Waals surface area (Å²) in [7, 11) is 1.66.